The van der Waals surface area contributed by atoms with Crippen LogP contribution >= 0.6 is 15.9 Å². The van der Waals surface area contributed by atoms with Gasteiger partial charge in [0, 0.05) is 0 Å². The molecule has 0 radical (unpaired) electrons. The first-order chi connectivity index (χ1) is 9.61. The molecule has 2 rings (SSSR count). The van der Waals surface area contributed by atoms with Crippen molar-refractivity contribution in [1.82, 2.24) is 0 Å². The van der Waals surface area contributed by atoms with Crippen LogP contribution in [0.5, 0.6) is 11.5 Å². The number of aryl methyl sites for hydroxylation is 1. The number of hydrogen-bond donors (Lipinski definition) is 0. The number of methoxy groups -OCH3 is 1. The zero-order valence-corrected chi connectivity index (χ0v) is 12.9. The van der Waals surface area contributed by atoms with Crippen molar-refractivity contribution in [2.45, 2.75) is 6.92 Å². The highest BCUT2D eigenvalue weighted by atomic mass is 79.9. The Morgan fingerprint density at radius 3 is 2.60 bits per heavy atom. The van der Waals surface area contributed by atoms with E-state index in [1.807, 2.05) is 31.2 Å². The van der Waals surface area contributed by atoms with Crippen LogP contribution in [0.1, 0.15) is 15.9 Å². The fourth-order valence-electron chi connectivity index (χ4n) is 1.82. The second kappa shape index (κ2) is 6.57. The number of ether oxygens (including phenoxy) is 2. The van der Waals surface area contributed by atoms with Crippen LogP contribution in [0.15, 0.2) is 46.9 Å². The largest absolute Gasteiger partial charge is 0.496 e. The van der Waals surface area contributed by atoms with E-state index < -0.39 is 0 Å². The lowest BCUT2D eigenvalue weighted by Gasteiger charge is -2.10. The van der Waals surface area contributed by atoms with Crippen molar-refractivity contribution in [1.29, 1.82) is 0 Å². The number of carbonyl (C=O) groups is 1. The third-order valence-corrected chi connectivity index (χ3v) is 3.47. The summed E-state index contributed by atoms with van der Waals surface area (Å²) in [5.41, 5.74) is 1.65. The molecule has 0 atom stereocenters. The van der Waals surface area contributed by atoms with Crippen LogP contribution in [0.3, 0.4) is 0 Å². The van der Waals surface area contributed by atoms with Gasteiger partial charge in [-0.1, -0.05) is 18.2 Å². The lowest BCUT2D eigenvalue weighted by molar-refractivity contribution is 0.0918. The molecule has 0 heterocycles. The quantitative estimate of drug-likeness (QED) is 0.774. The average molecular weight is 335 g/mol. The van der Waals surface area contributed by atoms with Crippen LogP contribution in [0.25, 0.3) is 0 Å². The first-order valence-electron chi connectivity index (χ1n) is 6.17. The van der Waals surface area contributed by atoms with Gasteiger partial charge in [0.1, 0.15) is 11.5 Å². The number of benzene rings is 2. The van der Waals surface area contributed by atoms with Gasteiger partial charge in [0.25, 0.3) is 0 Å². The number of carbonyl (C=O) groups excluding carboxylic acids is 1. The molecule has 0 unspecified atom stereocenters. The number of halogens is 1. The average Bonchev–Trinajstić information content (AvgIpc) is 2.46. The molecule has 0 saturated carbocycles. The SMILES string of the molecule is COc1ccccc1C(=O)COc1ccc(C)cc1Br. The predicted molar refractivity (Wildman–Crippen MR) is 81.7 cm³/mol. The van der Waals surface area contributed by atoms with Crippen LogP contribution in [-0.4, -0.2) is 19.5 Å². The molecule has 0 bridgehead atoms. The van der Waals surface area contributed by atoms with Crippen LogP contribution in [0, 0.1) is 6.92 Å². The maximum Gasteiger partial charge on any atom is 0.203 e. The Balaban J connectivity index is 2.09. The minimum Gasteiger partial charge on any atom is -0.496 e. The van der Waals surface area contributed by atoms with Crippen molar-refractivity contribution < 1.29 is 14.3 Å². The van der Waals surface area contributed by atoms with Gasteiger partial charge in [0.05, 0.1) is 17.1 Å². The predicted octanol–water partition coefficient (Wildman–Crippen LogP) is 4.03. The summed E-state index contributed by atoms with van der Waals surface area (Å²) in [5, 5.41) is 0. The third-order valence-electron chi connectivity index (χ3n) is 2.85. The van der Waals surface area contributed by atoms with Crippen molar-refractivity contribution in [2.75, 3.05) is 13.7 Å². The van der Waals surface area contributed by atoms with E-state index in [1.54, 1.807) is 25.3 Å². The van der Waals surface area contributed by atoms with E-state index in [4.69, 9.17) is 9.47 Å². The first kappa shape index (κ1) is 14.6. The molecule has 0 aromatic heterocycles. The van der Waals surface area contributed by atoms with Crippen LogP contribution in [0.4, 0.5) is 0 Å². The standard InChI is InChI=1S/C16H15BrO3/c1-11-7-8-16(13(17)9-11)20-10-14(18)12-5-3-4-6-15(12)19-2/h3-9H,10H2,1-2H3. The van der Waals surface area contributed by atoms with Gasteiger partial charge in [0.2, 0.25) is 5.78 Å². The fraction of sp³-hybridized carbons (Fsp3) is 0.188. The minimum atomic E-state index is -0.116. The molecule has 0 fully saturated rings. The van der Waals surface area contributed by atoms with E-state index in [2.05, 4.69) is 15.9 Å². The summed E-state index contributed by atoms with van der Waals surface area (Å²) in [5.74, 6) is 1.10. The monoisotopic (exact) mass is 334 g/mol. The maximum atomic E-state index is 12.2. The number of rotatable bonds is 5. The summed E-state index contributed by atoms with van der Waals surface area (Å²) in [6.45, 7) is 1.97. The second-order valence-corrected chi connectivity index (χ2v) is 5.20. The summed E-state index contributed by atoms with van der Waals surface area (Å²) in [6.07, 6.45) is 0. The van der Waals surface area contributed by atoms with Crippen molar-refractivity contribution in [3.63, 3.8) is 0 Å². The van der Waals surface area contributed by atoms with E-state index in [0.29, 0.717) is 17.1 Å². The topological polar surface area (TPSA) is 35.5 Å². The normalized spacial score (nSPS) is 10.2. The molecule has 2 aromatic carbocycles. The summed E-state index contributed by atoms with van der Waals surface area (Å²) in [7, 11) is 1.55. The third kappa shape index (κ3) is 3.39. The highest BCUT2D eigenvalue weighted by Gasteiger charge is 2.13. The Hall–Kier alpha value is -1.81. The Labute approximate surface area is 126 Å². The molecule has 0 amide bonds. The van der Waals surface area contributed by atoms with Gasteiger partial charge in [-0.05, 0) is 52.7 Å². The molecular formula is C16H15BrO3. The summed E-state index contributed by atoms with van der Waals surface area (Å²) in [6, 6.07) is 12.8. The van der Waals surface area contributed by atoms with Crippen molar-refractivity contribution in [3.05, 3.63) is 58.1 Å². The van der Waals surface area contributed by atoms with Crippen LogP contribution in [0.2, 0.25) is 0 Å². The van der Waals surface area contributed by atoms with Gasteiger partial charge in [0.15, 0.2) is 6.61 Å². The summed E-state index contributed by atoms with van der Waals surface area (Å²) >= 11 is 3.42. The second-order valence-electron chi connectivity index (χ2n) is 4.35. The number of ketones is 1. The van der Waals surface area contributed by atoms with Gasteiger partial charge >= 0.3 is 0 Å². The van der Waals surface area contributed by atoms with Gasteiger partial charge in [-0.2, -0.15) is 0 Å². The summed E-state index contributed by atoms with van der Waals surface area (Å²) in [4.78, 5) is 12.2. The molecule has 0 N–H and O–H groups in total. The fourth-order valence-corrected chi connectivity index (χ4v) is 2.43. The molecular weight excluding hydrogens is 320 g/mol. The van der Waals surface area contributed by atoms with Gasteiger partial charge < -0.3 is 9.47 Å². The van der Waals surface area contributed by atoms with E-state index in [1.165, 1.54) is 0 Å². The number of para-hydroxylation sites is 1. The minimum absolute atomic E-state index is 0.0258. The zero-order chi connectivity index (χ0) is 14.5. The van der Waals surface area contributed by atoms with Gasteiger partial charge in [-0.25, -0.2) is 0 Å². The van der Waals surface area contributed by atoms with Crippen molar-refractivity contribution in [3.8, 4) is 11.5 Å². The van der Waals surface area contributed by atoms with E-state index in [-0.39, 0.29) is 12.4 Å². The molecule has 0 aliphatic rings. The van der Waals surface area contributed by atoms with Crippen LogP contribution in [-0.2, 0) is 0 Å². The van der Waals surface area contributed by atoms with Crippen molar-refractivity contribution >= 4 is 21.7 Å². The zero-order valence-electron chi connectivity index (χ0n) is 11.4. The molecule has 0 aliphatic heterocycles. The smallest absolute Gasteiger partial charge is 0.203 e. The molecule has 3 nitrogen and oxygen atoms in total. The lowest BCUT2D eigenvalue weighted by atomic mass is 10.1. The van der Waals surface area contributed by atoms with E-state index in [9.17, 15) is 4.79 Å². The highest BCUT2D eigenvalue weighted by Crippen LogP contribution is 2.26. The molecule has 2 aromatic rings. The molecule has 0 aliphatic carbocycles. The first-order valence-corrected chi connectivity index (χ1v) is 6.96. The molecule has 4 heteroatoms. The number of hydrogen-bond acceptors (Lipinski definition) is 3. The van der Waals surface area contributed by atoms with Gasteiger partial charge in [-0.15, -0.1) is 0 Å². The van der Waals surface area contributed by atoms with E-state index >= 15 is 0 Å². The molecule has 0 spiro atoms. The Bertz CT molecular complexity index is 623. The number of Topliss-reactive ketones (excluding diaryl/α,β-unsaturated/α-hetero) is 1. The Morgan fingerprint density at radius 2 is 1.90 bits per heavy atom. The van der Waals surface area contributed by atoms with Crippen molar-refractivity contribution in [2.24, 2.45) is 0 Å². The maximum absolute atomic E-state index is 12.2. The Morgan fingerprint density at radius 1 is 1.15 bits per heavy atom. The van der Waals surface area contributed by atoms with Gasteiger partial charge in [-0.3, -0.25) is 4.79 Å². The molecule has 104 valence electrons. The summed E-state index contributed by atoms with van der Waals surface area (Å²) < 4.78 is 11.6. The lowest BCUT2D eigenvalue weighted by Crippen LogP contribution is -2.12. The molecule has 20 heavy (non-hydrogen) atoms. The Kier molecular flexibility index (Phi) is 4.79. The highest BCUT2D eigenvalue weighted by molar-refractivity contribution is 9.10. The molecule has 0 saturated heterocycles. The van der Waals surface area contributed by atoms with Crippen LogP contribution < -0.4 is 9.47 Å². The van der Waals surface area contributed by atoms with E-state index in [0.717, 1.165) is 10.0 Å².